The number of carbonyl (C=O) groups excluding carboxylic acids is 1. The number of rotatable bonds is 5. The van der Waals surface area contributed by atoms with Gasteiger partial charge in [-0.15, -0.1) is 22.7 Å². The van der Waals surface area contributed by atoms with Crippen LogP contribution in [0.1, 0.15) is 12.5 Å². The highest BCUT2D eigenvalue weighted by Crippen LogP contribution is 2.24. The standard InChI is InChI=1S/C16H18N4O3S3/c1-12(15(21)18-16-13(11-17)4-10-25-16)19-5-7-20(8-6-19)26(22,23)14-3-2-9-24-14/h2-4,9-10,12H,5-8H2,1H3,(H,18,21)/t12-/m0/s1. The van der Waals surface area contributed by atoms with Crippen molar-refractivity contribution in [2.45, 2.75) is 17.2 Å². The number of sulfonamides is 1. The highest BCUT2D eigenvalue weighted by atomic mass is 32.2. The summed E-state index contributed by atoms with van der Waals surface area (Å²) in [6.45, 7) is 3.45. The van der Waals surface area contributed by atoms with Crippen LogP contribution in [0.15, 0.2) is 33.2 Å². The van der Waals surface area contributed by atoms with E-state index < -0.39 is 16.1 Å². The van der Waals surface area contributed by atoms with E-state index in [0.29, 0.717) is 41.0 Å². The van der Waals surface area contributed by atoms with Crippen LogP contribution in [0, 0.1) is 11.3 Å². The summed E-state index contributed by atoms with van der Waals surface area (Å²) in [6, 6.07) is 6.63. The second kappa shape index (κ2) is 7.85. The van der Waals surface area contributed by atoms with Crippen molar-refractivity contribution in [2.24, 2.45) is 0 Å². The number of hydrogen-bond donors (Lipinski definition) is 1. The summed E-state index contributed by atoms with van der Waals surface area (Å²) in [7, 11) is -3.45. The average molecular weight is 411 g/mol. The lowest BCUT2D eigenvalue weighted by Gasteiger charge is -2.36. The third-order valence-corrected chi connectivity index (χ3v) is 8.41. The number of hydrogen-bond acceptors (Lipinski definition) is 7. The molecule has 10 heteroatoms. The number of nitriles is 1. The number of anilines is 1. The fourth-order valence-electron chi connectivity index (χ4n) is 2.75. The summed E-state index contributed by atoms with van der Waals surface area (Å²) < 4.78 is 26.9. The van der Waals surface area contributed by atoms with Gasteiger partial charge in [-0.2, -0.15) is 9.57 Å². The van der Waals surface area contributed by atoms with Gasteiger partial charge < -0.3 is 5.32 Å². The first-order valence-electron chi connectivity index (χ1n) is 7.99. The van der Waals surface area contributed by atoms with Crippen molar-refractivity contribution < 1.29 is 13.2 Å². The number of amides is 1. The van der Waals surface area contributed by atoms with Crippen LogP contribution in [0.25, 0.3) is 0 Å². The summed E-state index contributed by atoms with van der Waals surface area (Å²) in [6.07, 6.45) is 0. The highest BCUT2D eigenvalue weighted by molar-refractivity contribution is 7.91. The monoisotopic (exact) mass is 410 g/mol. The zero-order valence-electron chi connectivity index (χ0n) is 14.1. The van der Waals surface area contributed by atoms with Gasteiger partial charge in [0.15, 0.2) is 0 Å². The fourth-order valence-corrected chi connectivity index (χ4v) is 6.05. The van der Waals surface area contributed by atoms with Crippen molar-refractivity contribution in [1.29, 1.82) is 5.26 Å². The van der Waals surface area contributed by atoms with Crippen LogP contribution < -0.4 is 5.32 Å². The van der Waals surface area contributed by atoms with Gasteiger partial charge in [-0.1, -0.05) is 6.07 Å². The molecule has 2 aromatic heterocycles. The van der Waals surface area contributed by atoms with Gasteiger partial charge in [0.05, 0.1) is 11.6 Å². The Morgan fingerprint density at radius 1 is 1.23 bits per heavy atom. The van der Waals surface area contributed by atoms with E-state index in [9.17, 15) is 13.2 Å². The van der Waals surface area contributed by atoms with Crippen LogP contribution in [0.5, 0.6) is 0 Å². The molecule has 138 valence electrons. The normalized spacial score (nSPS) is 17.5. The molecule has 0 spiro atoms. The summed E-state index contributed by atoms with van der Waals surface area (Å²) in [5, 5.41) is 15.9. The molecular formula is C16H18N4O3S3. The second-order valence-corrected chi connectivity index (χ2v) is 9.84. The number of piperazine rings is 1. The minimum absolute atomic E-state index is 0.196. The molecule has 1 aliphatic rings. The highest BCUT2D eigenvalue weighted by Gasteiger charge is 2.32. The number of nitrogens with one attached hydrogen (secondary N) is 1. The predicted octanol–water partition coefficient (Wildman–Crippen LogP) is 2.01. The number of carbonyl (C=O) groups is 1. The first-order valence-corrected chi connectivity index (χ1v) is 11.2. The van der Waals surface area contributed by atoms with E-state index in [0.717, 1.165) is 0 Å². The van der Waals surface area contributed by atoms with Gasteiger partial charge in [0, 0.05) is 26.2 Å². The van der Waals surface area contributed by atoms with Gasteiger partial charge in [-0.05, 0) is 29.8 Å². The molecule has 0 saturated carbocycles. The Balaban J connectivity index is 1.59. The third-order valence-electron chi connectivity index (χ3n) is 4.31. The van der Waals surface area contributed by atoms with Crippen LogP contribution in [0.4, 0.5) is 5.00 Å². The zero-order valence-corrected chi connectivity index (χ0v) is 16.5. The maximum Gasteiger partial charge on any atom is 0.252 e. The molecule has 7 nitrogen and oxygen atoms in total. The molecule has 2 aromatic rings. The van der Waals surface area contributed by atoms with Gasteiger partial charge in [0.1, 0.15) is 15.3 Å². The van der Waals surface area contributed by atoms with Gasteiger partial charge in [0.25, 0.3) is 10.0 Å². The van der Waals surface area contributed by atoms with Crippen molar-refractivity contribution in [3.8, 4) is 6.07 Å². The Hall–Kier alpha value is -1.77. The van der Waals surface area contributed by atoms with Crippen LogP contribution >= 0.6 is 22.7 Å². The Morgan fingerprint density at radius 2 is 1.96 bits per heavy atom. The van der Waals surface area contributed by atoms with E-state index in [-0.39, 0.29) is 5.91 Å². The Labute approximate surface area is 160 Å². The summed E-state index contributed by atoms with van der Waals surface area (Å²) in [5.41, 5.74) is 0.447. The van der Waals surface area contributed by atoms with Crippen LogP contribution in [0.3, 0.4) is 0 Å². The first kappa shape index (κ1) is 19.0. The van der Waals surface area contributed by atoms with Crippen LogP contribution in [-0.4, -0.2) is 55.8 Å². The first-order chi connectivity index (χ1) is 12.4. The fraction of sp³-hybridized carbons (Fsp3) is 0.375. The minimum Gasteiger partial charge on any atom is -0.315 e. The molecule has 1 fully saturated rings. The van der Waals surface area contributed by atoms with Crippen LogP contribution in [0.2, 0.25) is 0 Å². The lowest BCUT2D eigenvalue weighted by molar-refractivity contribution is -0.121. The molecule has 3 heterocycles. The largest absolute Gasteiger partial charge is 0.315 e. The smallest absolute Gasteiger partial charge is 0.252 e. The van der Waals surface area contributed by atoms with E-state index in [4.69, 9.17) is 5.26 Å². The quantitative estimate of drug-likeness (QED) is 0.814. The molecule has 0 aliphatic carbocycles. The maximum atomic E-state index is 12.6. The maximum absolute atomic E-state index is 12.6. The van der Waals surface area contributed by atoms with Crippen molar-refractivity contribution >= 4 is 43.6 Å². The second-order valence-electron chi connectivity index (χ2n) is 5.81. The van der Waals surface area contributed by atoms with E-state index in [1.165, 1.54) is 27.0 Å². The van der Waals surface area contributed by atoms with Crippen molar-refractivity contribution in [3.63, 3.8) is 0 Å². The lowest BCUT2D eigenvalue weighted by Crippen LogP contribution is -2.53. The summed E-state index contributed by atoms with van der Waals surface area (Å²) >= 11 is 2.52. The molecule has 1 atom stereocenters. The SMILES string of the molecule is C[C@@H](C(=O)Nc1sccc1C#N)N1CCN(S(=O)(=O)c2cccs2)CC1. The molecule has 0 bridgehead atoms. The Kier molecular flexibility index (Phi) is 5.74. The molecule has 26 heavy (non-hydrogen) atoms. The van der Waals surface area contributed by atoms with E-state index in [1.807, 2.05) is 11.0 Å². The molecule has 1 amide bonds. The molecule has 3 rings (SSSR count). The molecule has 0 radical (unpaired) electrons. The molecule has 0 unspecified atom stereocenters. The number of thiophene rings is 2. The summed E-state index contributed by atoms with van der Waals surface area (Å²) in [4.78, 5) is 14.4. The zero-order chi connectivity index (χ0) is 18.7. The molecule has 1 aliphatic heterocycles. The predicted molar refractivity (Wildman–Crippen MR) is 102 cm³/mol. The third kappa shape index (κ3) is 3.82. The van der Waals surface area contributed by atoms with E-state index >= 15 is 0 Å². The topological polar surface area (TPSA) is 93.5 Å². The molecule has 1 N–H and O–H groups in total. The van der Waals surface area contributed by atoms with E-state index in [1.54, 1.807) is 35.9 Å². The minimum atomic E-state index is -3.45. The Bertz CT molecular complexity index is 907. The molecular weight excluding hydrogens is 392 g/mol. The molecule has 0 aromatic carbocycles. The van der Waals surface area contributed by atoms with Gasteiger partial charge >= 0.3 is 0 Å². The van der Waals surface area contributed by atoms with Gasteiger partial charge in [0.2, 0.25) is 5.91 Å². The van der Waals surface area contributed by atoms with Crippen molar-refractivity contribution in [3.05, 3.63) is 34.5 Å². The van der Waals surface area contributed by atoms with Crippen LogP contribution in [-0.2, 0) is 14.8 Å². The number of nitrogens with zero attached hydrogens (tertiary/aromatic N) is 3. The van der Waals surface area contributed by atoms with Crippen molar-refractivity contribution in [1.82, 2.24) is 9.21 Å². The Morgan fingerprint density at radius 3 is 2.58 bits per heavy atom. The lowest BCUT2D eigenvalue weighted by atomic mass is 10.2. The van der Waals surface area contributed by atoms with Crippen molar-refractivity contribution in [2.75, 3.05) is 31.5 Å². The summed E-state index contributed by atoms with van der Waals surface area (Å²) in [5.74, 6) is -0.196. The van der Waals surface area contributed by atoms with E-state index in [2.05, 4.69) is 5.32 Å². The average Bonchev–Trinajstić information content (AvgIpc) is 3.33. The van der Waals surface area contributed by atoms with Gasteiger partial charge in [-0.3, -0.25) is 9.69 Å². The van der Waals surface area contributed by atoms with Gasteiger partial charge in [-0.25, -0.2) is 8.42 Å². The molecule has 1 saturated heterocycles.